The van der Waals surface area contributed by atoms with E-state index in [0.717, 1.165) is 12.5 Å². The first-order valence-corrected chi connectivity index (χ1v) is 5.21. The highest BCUT2D eigenvalue weighted by Gasteiger charge is 2.22. The summed E-state index contributed by atoms with van der Waals surface area (Å²) in [5, 5.41) is 7.11. The lowest BCUT2D eigenvalue weighted by Crippen LogP contribution is -2.33. The molecule has 1 aliphatic rings. The van der Waals surface area contributed by atoms with E-state index in [2.05, 4.69) is 31.4 Å². The Kier molecular flexibility index (Phi) is 4.02. The predicted molar refractivity (Wildman–Crippen MR) is 53.1 cm³/mol. The van der Waals surface area contributed by atoms with Crippen LogP contribution in [0.4, 0.5) is 0 Å². The monoisotopic (exact) mass is 170 g/mol. The van der Waals surface area contributed by atoms with Gasteiger partial charge >= 0.3 is 0 Å². The molecule has 1 heterocycles. The molecule has 0 radical (unpaired) electrons. The van der Waals surface area contributed by atoms with E-state index in [-0.39, 0.29) is 0 Å². The van der Waals surface area contributed by atoms with Crippen LogP contribution in [0.3, 0.4) is 0 Å². The van der Waals surface area contributed by atoms with Crippen molar-refractivity contribution in [2.75, 3.05) is 6.54 Å². The molecule has 72 valence electrons. The lowest BCUT2D eigenvalue weighted by atomic mass is 10.0. The maximum absolute atomic E-state index is 3.61. The summed E-state index contributed by atoms with van der Waals surface area (Å²) in [6, 6.07) is 0.710. The van der Waals surface area contributed by atoms with Gasteiger partial charge in [0, 0.05) is 12.6 Å². The van der Waals surface area contributed by atoms with E-state index >= 15 is 0 Å². The van der Waals surface area contributed by atoms with E-state index in [4.69, 9.17) is 0 Å². The molecule has 2 nitrogen and oxygen atoms in total. The largest absolute Gasteiger partial charge is 0.300 e. The SMILES string of the molecule is CCCC1NCC(CC(C)C)N1. The molecule has 0 aliphatic carbocycles. The number of nitrogens with one attached hydrogen (secondary N) is 2. The number of rotatable bonds is 4. The van der Waals surface area contributed by atoms with Crippen molar-refractivity contribution >= 4 is 0 Å². The predicted octanol–water partition coefficient (Wildman–Crippen LogP) is 1.72. The summed E-state index contributed by atoms with van der Waals surface area (Å²) in [7, 11) is 0. The lowest BCUT2D eigenvalue weighted by Gasteiger charge is -2.14. The molecule has 2 atom stereocenters. The van der Waals surface area contributed by atoms with Crippen LogP contribution in [0.2, 0.25) is 0 Å². The fourth-order valence-corrected chi connectivity index (χ4v) is 1.88. The van der Waals surface area contributed by atoms with E-state index in [1.54, 1.807) is 0 Å². The number of hydrogen-bond acceptors (Lipinski definition) is 2. The molecule has 1 saturated heterocycles. The van der Waals surface area contributed by atoms with Gasteiger partial charge in [-0.15, -0.1) is 0 Å². The van der Waals surface area contributed by atoms with E-state index in [1.165, 1.54) is 19.3 Å². The van der Waals surface area contributed by atoms with Crippen molar-refractivity contribution in [2.24, 2.45) is 5.92 Å². The molecule has 2 N–H and O–H groups in total. The Balaban J connectivity index is 2.16. The maximum atomic E-state index is 3.61. The van der Waals surface area contributed by atoms with Gasteiger partial charge in [-0.1, -0.05) is 27.2 Å². The van der Waals surface area contributed by atoms with Gasteiger partial charge in [-0.3, -0.25) is 5.32 Å². The maximum Gasteiger partial charge on any atom is 0.0574 e. The van der Waals surface area contributed by atoms with Crippen LogP contribution >= 0.6 is 0 Å². The summed E-state index contributed by atoms with van der Waals surface area (Å²) in [6.45, 7) is 7.96. The minimum absolute atomic E-state index is 0.582. The van der Waals surface area contributed by atoms with Gasteiger partial charge in [0.1, 0.15) is 0 Å². The van der Waals surface area contributed by atoms with Gasteiger partial charge in [0.05, 0.1) is 6.17 Å². The second kappa shape index (κ2) is 4.83. The molecule has 0 spiro atoms. The lowest BCUT2D eigenvalue weighted by molar-refractivity contribution is 0.437. The third kappa shape index (κ3) is 3.11. The molecule has 0 aromatic carbocycles. The Bertz CT molecular complexity index is 123. The van der Waals surface area contributed by atoms with E-state index < -0.39 is 0 Å². The van der Waals surface area contributed by atoms with Crippen molar-refractivity contribution in [1.82, 2.24) is 10.6 Å². The summed E-state index contributed by atoms with van der Waals surface area (Å²) >= 11 is 0. The second-order valence-corrected chi connectivity index (χ2v) is 4.24. The summed E-state index contributed by atoms with van der Waals surface area (Å²) in [4.78, 5) is 0. The van der Waals surface area contributed by atoms with Crippen LogP contribution in [0.5, 0.6) is 0 Å². The highest BCUT2D eigenvalue weighted by molar-refractivity contribution is 4.83. The van der Waals surface area contributed by atoms with Gasteiger partial charge in [0.2, 0.25) is 0 Å². The third-order valence-electron chi connectivity index (χ3n) is 2.38. The zero-order chi connectivity index (χ0) is 8.97. The summed E-state index contributed by atoms with van der Waals surface area (Å²) in [5.74, 6) is 0.810. The zero-order valence-electron chi connectivity index (χ0n) is 8.56. The fraction of sp³-hybridized carbons (Fsp3) is 1.00. The first-order chi connectivity index (χ1) is 5.72. The molecule has 2 unspecified atom stereocenters. The minimum atomic E-state index is 0.582. The Morgan fingerprint density at radius 3 is 2.75 bits per heavy atom. The summed E-state index contributed by atoms with van der Waals surface area (Å²) in [5.41, 5.74) is 0. The highest BCUT2D eigenvalue weighted by atomic mass is 15.2. The van der Waals surface area contributed by atoms with Crippen molar-refractivity contribution in [1.29, 1.82) is 0 Å². The van der Waals surface area contributed by atoms with E-state index in [9.17, 15) is 0 Å². The Morgan fingerprint density at radius 1 is 1.42 bits per heavy atom. The Morgan fingerprint density at radius 2 is 2.17 bits per heavy atom. The first-order valence-electron chi connectivity index (χ1n) is 5.21. The molecular weight excluding hydrogens is 148 g/mol. The van der Waals surface area contributed by atoms with Gasteiger partial charge in [-0.2, -0.15) is 0 Å². The Labute approximate surface area is 76.1 Å². The van der Waals surface area contributed by atoms with Crippen LogP contribution in [-0.4, -0.2) is 18.8 Å². The van der Waals surface area contributed by atoms with Crippen LogP contribution < -0.4 is 10.6 Å². The van der Waals surface area contributed by atoms with Gasteiger partial charge in [-0.05, 0) is 18.8 Å². The van der Waals surface area contributed by atoms with E-state index in [1.807, 2.05) is 0 Å². The average molecular weight is 170 g/mol. The van der Waals surface area contributed by atoms with Crippen molar-refractivity contribution in [3.05, 3.63) is 0 Å². The van der Waals surface area contributed by atoms with Gasteiger partial charge in [0.15, 0.2) is 0 Å². The van der Waals surface area contributed by atoms with Crippen LogP contribution in [0.15, 0.2) is 0 Å². The van der Waals surface area contributed by atoms with Crippen LogP contribution in [0.1, 0.15) is 40.0 Å². The van der Waals surface area contributed by atoms with Crippen molar-refractivity contribution < 1.29 is 0 Å². The molecule has 0 bridgehead atoms. The molecule has 1 aliphatic heterocycles. The number of hydrogen-bond donors (Lipinski definition) is 2. The topological polar surface area (TPSA) is 24.1 Å². The molecule has 1 rings (SSSR count). The summed E-state index contributed by atoms with van der Waals surface area (Å²) in [6.07, 6.45) is 4.40. The van der Waals surface area contributed by atoms with Gasteiger partial charge in [0.25, 0.3) is 0 Å². The zero-order valence-corrected chi connectivity index (χ0v) is 8.56. The Hall–Kier alpha value is -0.0800. The van der Waals surface area contributed by atoms with Crippen LogP contribution in [0.25, 0.3) is 0 Å². The quantitative estimate of drug-likeness (QED) is 0.671. The van der Waals surface area contributed by atoms with Crippen LogP contribution in [-0.2, 0) is 0 Å². The first kappa shape index (κ1) is 10.0. The van der Waals surface area contributed by atoms with Crippen LogP contribution in [0, 0.1) is 5.92 Å². The molecule has 0 saturated carbocycles. The molecule has 12 heavy (non-hydrogen) atoms. The van der Waals surface area contributed by atoms with Gasteiger partial charge in [-0.25, -0.2) is 0 Å². The summed E-state index contributed by atoms with van der Waals surface area (Å²) < 4.78 is 0. The smallest absolute Gasteiger partial charge is 0.0574 e. The molecular formula is C10H22N2. The van der Waals surface area contributed by atoms with Crippen molar-refractivity contribution in [3.63, 3.8) is 0 Å². The third-order valence-corrected chi connectivity index (χ3v) is 2.38. The molecule has 0 aromatic rings. The molecule has 2 heteroatoms. The average Bonchev–Trinajstić information content (AvgIpc) is 2.36. The normalized spacial score (nSPS) is 30.0. The van der Waals surface area contributed by atoms with Gasteiger partial charge < -0.3 is 5.32 Å². The van der Waals surface area contributed by atoms with E-state index in [0.29, 0.717) is 12.2 Å². The standard InChI is InChI=1S/C10H22N2/c1-4-5-10-11-7-9(12-10)6-8(2)3/h8-12H,4-7H2,1-3H3. The highest BCUT2D eigenvalue weighted by Crippen LogP contribution is 2.09. The molecule has 1 fully saturated rings. The second-order valence-electron chi connectivity index (χ2n) is 4.24. The fourth-order valence-electron chi connectivity index (χ4n) is 1.88. The molecule has 0 amide bonds. The minimum Gasteiger partial charge on any atom is -0.300 e. The van der Waals surface area contributed by atoms with Crippen molar-refractivity contribution in [2.45, 2.75) is 52.2 Å². The molecule has 0 aromatic heterocycles. The van der Waals surface area contributed by atoms with Crippen molar-refractivity contribution in [3.8, 4) is 0 Å².